The lowest BCUT2D eigenvalue weighted by Crippen LogP contribution is -2.29. The maximum Gasteiger partial charge on any atom is 0.142 e. The van der Waals surface area contributed by atoms with Gasteiger partial charge >= 0.3 is 0 Å². The third-order valence-electron chi connectivity index (χ3n) is 3.94. The number of carbonyl (C=O) groups excluding carboxylic acids is 1. The lowest BCUT2D eigenvalue weighted by atomic mass is 9.65. The zero-order valence-corrected chi connectivity index (χ0v) is 10.9. The Morgan fingerprint density at radius 3 is 2.81 bits per heavy atom. The molecule has 0 aromatic rings. The molecule has 1 unspecified atom stereocenters. The van der Waals surface area contributed by atoms with Crippen molar-refractivity contribution in [1.82, 2.24) is 0 Å². The second-order valence-corrected chi connectivity index (χ2v) is 5.74. The van der Waals surface area contributed by atoms with Crippen LogP contribution in [0, 0.1) is 11.3 Å². The summed E-state index contributed by atoms with van der Waals surface area (Å²) in [7, 11) is 0. The Kier molecular flexibility index (Phi) is 4.52. The summed E-state index contributed by atoms with van der Waals surface area (Å²) in [4.78, 5) is 10.4. The average Bonchev–Trinajstić information content (AvgIpc) is 2.16. The van der Waals surface area contributed by atoms with E-state index in [1.165, 1.54) is 30.4 Å². The number of carbonyl (C=O) groups is 1. The molecule has 0 aromatic heterocycles. The van der Waals surface area contributed by atoms with Crippen LogP contribution in [-0.4, -0.2) is 6.29 Å². The van der Waals surface area contributed by atoms with Crippen LogP contribution in [0.25, 0.3) is 0 Å². The maximum atomic E-state index is 10.4. The van der Waals surface area contributed by atoms with Crippen LogP contribution >= 0.6 is 0 Å². The predicted octanol–water partition coefficient (Wildman–Crippen LogP) is 4.29. The molecule has 0 amide bonds. The number of rotatable bonds is 4. The molecule has 1 aliphatic rings. The third kappa shape index (κ3) is 3.33. The molecule has 1 nitrogen and oxygen atoms in total. The first-order valence-corrected chi connectivity index (χ1v) is 6.26. The first-order chi connectivity index (χ1) is 7.47. The Balaban J connectivity index is 2.59. The van der Waals surface area contributed by atoms with Crippen LogP contribution in [0.2, 0.25) is 0 Å². The molecule has 1 heteroatoms. The molecule has 1 atom stereocenters. The average molecular weight is 220 g/mol. The summed E-state index contributed by atoms with van der Waals surface area (Å²) in [6, 6.07) is 0. The molecule has 1 saturated carbocycles. The second-order valence-electron chi connectivity index (χ2n) is 5.74. The van der Waals surface area contributed by atoms with E-state index in [1.54, 1.807) is 6.08 Å². The van der Waals surface area contributed by atoms with Gasteiger partial charge in [0.05, 0.1) is 0 Å². The van der Waals surface area contributed by atoms with Crippen LogP contribution in [0.1, 0.15) is 52.9 Å². The van der Waals surface area contributed by atoms with E-state index in [-0.39, 0.29) is 0 Å². The van der Waals surface area contributed by atoms with Gasteiger partial charge in [0.2, 0.25) is 0 Å². The molecule has 1 fully saturated rings. The van der Waals surface area contributed by atoms with E-state index in [1.807, 2.05) is 6.92 Å². The van der Waals surface area contributed by atoms with Crippen molar-refractivity contribution in [3.63, 3.8) is 0 Å². The van der Waals surface area contributed by atoms with E-state index in [2.05, 4.69) is 20.4 Å². The standard InChI is InChI=1S/C15H24O/c1-12(9-11-16)7-8-14-13(2)6-5-10-15(14,3)4/h9,11,14H,2,5-8,10H2,1,3-4H3/b12-9+. The van der Waals surface area contributed by atoms with Crippen molar-refractivity contribution >= 4 is 6.29 Å². The molecule has 1 rings (SSSR count). The summed E-state index contributed by atoms with van der Waals surface area (Å²) >= 11 is 0. The van der Waals surface area contributed by atoms with E-state index in [0.717, 1.165) is 19.1 Å². The van der Waals surface area contributed by atoms with Crippen molar-refractivity contribution < 1.29 is 4.79 Å². The van der Waals surface area contributed by atoms with Crippen LogP contribution in [0.5, 0.6) is 0 Å². The quantitative estimate of drug-likeness (QED) is 0.392. The Hall–Kier alpha value is -0.850. The largest absolute Gasteiger partial charge is 0.299 e. The van der Waals surface area contributed by atoms with Gasteiger partial charge in [-0.25, -0.2) is 0 Å². The van der Waals surface area contributed by atoms with Crippen molar-refractivity contribution in [1.29, 1.82) is 0 Å². The van der Waals surface area contributed by atoms with Crippen molar-refractivity contribution in [3.8, 4) is 0 Å². The van der Waals surface area contributed by atoms with Gasteiger partial charge in [-0.1, -0.05) is 31.6 Å². The maximum absolute atomic E-state index is 10.4. The van der Waals surface area contributed by atoms with Crippen molar-refractivity contribution in [2.24, 2.45) is 11.3 Å². The zero-order valence-electron chi connectivity index (χ0n) is 10.9. The van der Waals surface area contributed by atoms with Gasteiger partial charge in [-0.2, -0.15) is 0 Å². The minimum atomic E-state index is 0.386. The molecule has 0 N–H and O–H groups in total. The molecule has 0 saturated heterocycles. The number of allylic oxidation sites excluding steroid dienone is 3. The summed E-state index contributed by atoms with van der Waals surface area (Å²) in [6.07, 6.45) is 8.49. The first kappa shape index (κ1) is 13.2. The van der Waals surface area contributed by atoms with Gasteiger partial charge in [0.25, 0.3) is 0 Å². The Morgan fingerprint density at radius 2 is 2.25 bits per heavy atom. The molecule has 0 bridgehead atoms. The molecule has 0 aromatic carbocycles. The lowest BCUT2D eigenvalue weighted by Gasteiger charge is -2.40. The third-order valence-corrected chi connectivity index (χ3v) is 3.94. The monoisotopic (exact) mass is 220 g/mol. The smallest absolute Gasteiger partial charge is 0.142 e. The first-order valence-electron chi connectivity index (χ1n) is 6.26. The summed E-state index contributed by atoms with van der Waals surface area (Å²) in [6.45, 7) is 11.0. The molecule has 1 aliphatic carbocycles. The zero-order chi connectivity index (χ0) is 12.2. The van der Waals surface area contributed by atoms with Crippen LogP contribution in [0.4, 0.5) is 0 Å². The fourth-order valence-corrected chi connectivity index (χ4v) is 2.84. The van der Waals surface area contributed by atoms with Crippen LogP contribution < -0.4 is 0 Å². The summed E-state index contributed by atoms with van der Waals surface area (Å²) in [5, 5.41) is 0. The van der Waals surface area contributed by atoms with E-state index >= 15 is 0 Å². The van der Waals surface area contributed by atoms with Crippen LogP contribution in [0.15, 0.2) is 23.8 Å². The van der Waals surface area contributed by atoms with Crippen molar-refractivity contribution in [2.45, 2.75) is 52.9 Å². The number of hydrogen-bond donors (Lipinski definition) is 0. The van der Waals surface area contributed by atoms with E-state index < -0.39 is 0 Å². The van der Waals surface area contributed by atoms with Gasteiger partial charge in [0, 0.05) is 0 Å². The molecule has 16 heavy (non-hydrogen) atoms. The Bertz CT molecular complexity index is 297. The minimum absolute atomic E-state index is 0.386. The SMILES string of the molecule is C=C1CCCC(C)(C)C1CC/C(C)=C/C=O. The second kappa shape index (κ2) is 5.47. The van der Waals surface area contributed by atoms with Crippen molar-refractivity contribution in [3.05, 3.63) is 23.8 Å². The molecular weight excluding hydrogens is 196 g/mol. The highest BCUT2D eigenvalue weighted by atomic mass is 16.1. The molecular formula is C15H24O. The summed E-state index contributed by atoms with van der Waals surface area (Å²) < 4.78 is 0. The topological polar surface area (TPSA) is 17.1 Å². The van der Waals surface area contributed by atoms with Gasteiger partial charge < -0.3 is 0 Å². The fourth-order valence-electron chi connectivity index (χ4n) is 2.84. The highest BCUT2D eigenvalue weighted by molar-refractivity contribution is 5.65. The van der Waals surface area contributed by atoms with Gasteiger partial charge in [0.1, 0.15) is 6.29 Å². The molecule has 0 aliphatic heterocycles. The summed E-state index contributed by atoms with van der Waals surface area (Å²) in [5.74, 6) is 0.622. The lowest BCUT2D eigenvalue weighted by molar-refractivity contribution is -0.104. The molecule has 90 valence electrons. The Labute approximate surface area is 99.6 Å². The van der Waals surface area contributed by atoms with Gasteiger partial charge in [-0.05, 0) is 56.4 Å². The fraction of sp³-hybridized carbons (Fsp3) is 0.667. The minimum Gasteiger partial charge on any atom is -0.299 e. The van der Waals surface area contributed by atoms with Gasteiger partial charge in [-0.3, -0.25) is 4.79 Å². The Morgan fingerprint density at radius 1 is 1.56 bits per heavy atom. The van der Waals surface area contributed by atoms with E-state index in [9.17, 15) is 4.79 Å². The molecule has 0 radical (unpaired) electrons. The normalized spacial score (nSPS) is 25.6. The van der Waals surface area contributed by atoms with E-state index in [0.29, 0.717) is 11.3 Å². The van der Waals surface area contributed by atoms with E-state index in [4.69, 9.17) is 0 Å². The highest BCUT2D eigenvalue weighted by Crippen LogP contribution is 2.45. The predicted molar refractivity (Wildman–Crippen MR) is 69.3 cm³/mol. The van der Waals surface area contributed by atoms with Gasteiger partial charge in [0.15, 0.2) is 0 Å². The van der Waals surface area contributed by atoms with Crippen LogP contribution in [0.3, 0.4) is 0 Å². The summed E-state index contributed by atoms with van der Waals surface area (Å²) in [5.41, 5.74) is 2.98. The molecule has 0 spiro atoms. The number of aldehydes is 1. The van der Waals surface area contributed by atoms with Crippen molar-refractivity contribution in [2.75, 3.05) is 0 Å². The number of hydrogen-bond acceptors (Lipinski definition) is 1. The van der Waals surface area contributed by atoms with Crippen LogP contribution in [-0.2, 0) is 4.79 Å². The highest BCUT2D eigenvalue weighted by Gasteiger charge is 2.33. The van der Waals surface area contributed by atoms with Gasteiger partial charge in [-0.15, -0.1) is 0 Å². The molecule has 0 heterocycles.